The van der Waals surface area contributed by atoms with Gasteiger partial charge >= 0.3 is 11.9 Å². The summed E-state index contributed by atoms with van der Waals surface area (Å²) in [7, 11) is 1.43. The van der Waals surface area contributed by atoms with E-state index in [0.717, 1.165) is 5.01 Å². The van der Waals surface area contributed by atoms with Crippen LogP contribution in [-0.2, 0) is 19.2 Å². The van der Waals surface area contributed by atoms with Gasteiger partial charge < -0.3 is 15.1 Å². The molecule has 104 valence electrons. The summed E-state index contributed by atoms with van der Waals surface area (Å²) in [5, 5.41) is 24.0. The zero-order chi connectivity index (χ0) is 14.1. The minimum absolute atomic E-state index is 0.0388. The molecule has 1 atom stereocenters. The number of ether oxygens (including phenoxy) is 1. The summed E-state index contributed by atoms with van der Waals surface area (Å²) >= 11 is 0. The van der Waals surface area contributed by atoms with Crippen LogP contribution in [0.1, 0.15) is 26.7 Å². The molecular formula is C9H17N3O6. The highest BCUT2D eigenvalue weighted by Gasteiger charge is 2.11. The molecule has 9 nitrogen and oxygen atoms in total. The Bertz CT molecular complexity index is 319. The zero-order valence-electron chi connectivity index (χ0n) is 10.5. The van der Waals surface area contributed by atoms with Crippen LogP contribution in [0.25, 0.3) is 0 Å². The van der Waals surface area contributed by atoms with Crippen molar-refractivity contribution in [1.29, 1.82) is 0 Å². The van der Waals surface area contributed by atoms with Gasteiger partial charge in [-0.15, -0.1) is 5.01 Å². The van der Waals surface area contributed by atoms with Gasteiger partial charge in [-0.2, -0.15) is 0 Å². The van der Waals surface area contributed by atoms with E-state index in [0.29, 0.717) is 6.42 Å². The Morgan fingerprint density at radius 3 is 2.67 bits per heavy atom. The van der Waals surface area contributed by atoms with Gasteiger partial charge in [-0.25, -0.2) is 0 Å². The Balaban J connectivity index is 3.99. The molecule has 0 aliphatic carbocycles. The number of nitrogens with zero attached hydrogens (tertiary/aromatic N) is 3. The predicted molar refractivity (Wildman–Crippen MR) is 57.9 cm³/mol. The average Bonchev–Trinajstić information content (AvgIpc) is 2.24. The highest BCUT2D eigenvalue weighted by molar-refractivity contribution is 5.66. The molecule has 0 aromatic carbocycles. The van der Waals surface area contributed by atoms with Gasteiger partial charge in [0.1, 0.15) is 0 Å². The van der Waals surface area contributed by atoms with Crippen LogP contribution in [0.2, 0.25) is 0 Å². The van der Waals surface area contributed by atoms with Gasteiger partial charge in [0.05, 0.1) is 18.6 Å². The Hall–Kier alpha value is -2.06. The first kappa shape index (κ1) is 15.9. The topological polar surface area (TPSA) is 114 Å². The van der Waals surface area contributed by atoms with E-state index >= 15 is 0 Å². The van der Waals surface area contributed by atoms with E-state index < -0.39 is 18.2 Å². The van der Waals surface area contributed by atoms with Crippen LogP contribution >= 0.6 is 0 Å². The molecule has 1 N–H and O–H groups in total. The molecule has 0 radical (unpaired) electrons. The van der Waals surface area contributed by atoms with E-state index in [1.54, 1.807) is 0 Å². The van der Waals surface area contributed by atoms with Crippen molar-refractivity contribution < 1.29 is 29.2 Å². The van der Waals surface area contributed by atoms with Gasteiger partial charge in [0.2, 0.25) is 5.28 Å². The summed E-state index contributed by atoms with van der Waals surface area (Å²) in [6.45, 7) is 2.82. The molecule has 0 saturated heterocycles. The van der Waals surface area contributed by atoms with Crippen LogP contribution in [0, 0.1) is 5.21 Å². The van der Waals surface area contributed by atoms with Crippen molar-refractivity contribution in [2.24, 2.45) is 5.28 Å². The quantitative estimate of drug-likeness (QED) is 0.223. The maximum atomic E-state index is 11.3. The Morgan fingerprint density at radius 1 is 1.56 bits per heavy atom. The number of carboxylic acids is 1. The zero-order valence-corrected chi connectivity index (χ0v) is 10.5. The molecule has 0 amide bonds. The number of hydrogen-bond acceptors (Lipinski definition) is 6. The SMILES string of the molecule is CC(=O)OC(C)O/N=[N+](/[O-])N(C)CCCC(=O)O. The molecule has 0 spiro atoms. The lowest BCUT2D eigenvalue weighted by atomic mass is 10.3. The first-order valence-electron chi connectivity index (χ1n) is 5.27. The smallest absolute Gasteiger partial charge is 0.305 e. The van der Waals surface area contributed by atoms with Gasteiger partial charge in [-0.1, -0.05) is 0 Å². The third-order valence-electron chi connectivity index (χ3n) is 1.76. The van der Waals surface area contributed by atoms with Crippen LogP contribution in [-0.4, -0.2) is 46.9 Å². The Morgan fingerprint density at radius 2 is 2.17 bits per heavy atom. The fourth-order valence-corrected chi connectivity index (χ4v) is 0.969. The molecule has 0 rings (SSSR count). The first-order valence-corrected chi connectivity index (χ1v) is 5.27. The standard InChI is InChI=1S/C9H17N3O6/c1-7(13)17-8(2)18-10-12(16)11(3)6-4-5-9(14)15/h8H,4-6H2,1-3H3,(H,14,15)/b12-10+. The maximum absolute atomic E-state index is 11.3. The number of hydrogen-bond donors (Lipinski definition) is 1. The summed E-state index contributed by atoms with van der Waals surface area (Å²) < 4.78 is 4.58. The van der Waals surface area contributed by atoms with Crippen molar-refractivity contribution in [2.45, 2.75) is 33.0 Å². The van der Waals surface area contributed by atoms with Gasteiger partial charge in [-0.05, 0) is 6.42 Å². The van der Waals surface area contributed by atoms with Crippen LogP contribution in [0.3, 0.4) is 0 Å². The van der Waals surface area contributed by atoms with Crippen molar-refractivity contribution in [1.82, 2.24) is 5.01 Å². The minimum atomic E-state index is -0.966. The van der Waals surface area contributed by atoms with E-state index in [-0.39, 0.29) is 17.9 Å². The molecule has 0 bridgehead atoms. The van der Waals surface area contributed by atoms with Crippen molar-refractivity contribution in [2.75, 3.05) is 13.6 Å². The number of aliphatic carboxylic acids is 1. The first-order chi connectivity index (χ1) is 8.32. The number of rotatable bonds is 8. The normalized spacial score (nSPS) is 12.7. The monoisotopic (exact) mass is 263 g/mol. The molecule has 0 aromatic rings. The lowest BCUT2D eigenvalue weighted by molar-refractivity contribution is -0.707. The van der Waals surface area contributed by atoms with Crippen LogP contribution in [0.5, 0.6) is 0 Å². The average molecular weight is 263 g/mol. The predicted octanol–water partition coefficient (Wildman–Crippen LogP) is 0.501. The highest BCUT2D eigenvalue weighted by Crippen LogP contribution is 1.98. The number of esters is 1. The molecule has 0 aliphatic rings. The molecule has 0 aliphatic heterocycles. The molecular weight excluding hydrogens is 246 g/mol. The van der Waals surface area contributed by atoms with Gasteiger partial charge in [0, 0.05) is 20.3 Å². The molecule has 0 heterocycles. The fourth-order valence-electron chi connectivity index (χ4n) is 0.969. The van der Waals surface area contributed by atoms with E-state index in [4.69, 9.17) is 5.11 Å². The largest absolute Gasteiger partial charge is 0.569 e. The summed E-state index contributed by atoms with van der Waals surface area (Å²) in [6, 6.07) is 0. The second-order valence-electron chi connectivity index (χ2n) is 3.50. The number of carbonyl (C=O) groups is 2. The minimum Gasteiger partial charge on any atom is -0.569 e. The number of hydrazine groups is 1. The number of carbonyl (C=O) groups excluding carboxylic acids is 1. The number of carboxylic acid groups (broad SMARTS) is 1. The van der Waals surface area contributed by atoms with E-state index in [9.17, 15) is 14.8 Å². The summed E-state index contributed by atoms with van der Waals surface area (Å²) in [6.07, 6.45) is -0.700. The van der Waals surface area contributed by atoms with Gasteiger partial charge in [0.25, 0.3) is 6.29 Å². The molecule has 0 saturated carbocycles. The fraction of sp³-hybridized carbons (Fsp3) is 0.778. The lowest BCUT2D eigenvalue weighted by Crippen LogP contribution is -2.28. The highest BCUT2D eigenvalue weighted by atomic mass is 16.8. The van der Waals surface area contributed by atoms with E-state index in [2.05, 4.69) is 14.9 Å². The van der Waals surface area contributed by atoms with Crippen LogP contribution in [0.15, 0.2) is 5.28 Å². The Labute approximate surface area is 104 Å². The van der Waals surface area contributed by atoms with E-state index in [1.807, 2.05) is 0 Å². The van der Waals surface area contributed by atoms with E-state index in [1.165, 1.54) is 20.9 Å². The van der Waals surface area contributed by atoms with Crippen molar-refractivity contribution in [3.05, 3.63) is 5.21 Å². The van der Waals surface area contributed by atoms with Crippen LogP contribution < -0.4 is 0 Å². The lowest BCUT2D eigenvalue weighted by Gasteiger charge is -2.13. The van der Waals surface area contributed by atoms with Crippen molar-refractivity contribution in [3.8, 4) is 0 Å². The second-order valence-corrected chi connectivity index (χ2v) is 3.50. The molecule has 0 fully saturated rings. The summed E-state index contributed by atoms with van der Waals surface area (Å²) in [4.78, 5) is 25.6. The van der Waals surface area contributed by atoms with Gasteiger partial charge in [0.15, 0.2) is 0 Å². The van der Waals surface area contributed by atoms with Gasteiger partial charge in [-0.3, -0.25) is 14.4 Å². The maximum Gasteiger partial charge on any atom is 0.305 e. The molecule has 1 unspecified atom stereocenters. The second kappa shape index (κ2) is 8.09. The molecule has 9 heteroatoms. The third kappa shape index (κ3) is 8.13. The Kier molecular flexibility index (Phi) is 7.17. The summed E-state index contributed by atoms with van der Waals surface area (Å²) in [5.41, 5.74) is 0. The molecule has 0 aromatic heterocycles. The third-order valence-corrected chi connectivity index (χ3v) is 1.76. The van der Waals surface area contributed by atoms with Crippen LogP contribution in [0.4, 0.5) is 0 Å². The van der Waals surface area contributed by atoms with Crippen molar-refractivity contribution in [3.63, 3.8) is 0 Å². The molecule has 18 heavy (non-hydrogen) atoms. The van der Waals surface area contributed by atoms with Crippen molar-refractivity contribution >= 4 is 11.9 Å². The summed E-state index contributed by atoms with van der Waals surface area (Å²) in [5.74, 6) is -1.48.